The standard InChI is InChI=1S/C36H61N3O4/c1-3-5-7-9-11-13-15-17-19-21-23-25-29-42-35-36(38-34-31-32(39(40)41)27-28-33(34)37-35)43-30-26-24-22-20-18-16-14-12-10-8-6-4-2/h27-28,31H,3-26,29-30H2,1-2H3. The summed E-state index contributed by atoms with van der Waals surface area (Å²) in [7, 11) is 0. The van der Waals surface area contributed by atoms with E-state index < -0.39 is 4.92 Å². The molecule has 1 heterocycles. The van der Waals surface area contributed by atoms with Gasteiger partial charge in [0.15, 0.2) is 0 Å². The van der Waals surface area contributed by atoms with E-state index in [2.05, 4.69) is 23.8 Å². The second-order valence-corrected chi connectivity index (χ2v) is 12.2. The minimum absolute atomic E-state index is 0.00105. The molecular weight excluding hydrogens is 538 g/mol. The fraction of sp³-hybridized carbons (Fsp3) is 0.778. The minimum Gasteiger partial charge on any atom is -0.474 e. The predicted molar refractivity (Wildman–Crippen MR) is 179 cm³/mol. The maximum atomic E-state index is 11.3. The number of hydrogen-bond acceptors (Lipinski definition) is 6. The fourth-order valence-electron chi connectivity index (χ4n) is 5.54. The molecule has 0 aliphatic carbocycles. The molecular formula is C36H61N3O4. The number of rotatable bonds is 29. The molecule has 0 atom stereocenters. The summed E-state index contributed by atoms with van der Waals surface area (Å²) >= 11 is 0. The maximum Gasteiger partial charge on any atom is 0.278 e. The van der Waals surface area contributed by atoms with Gasteiger partial charge in [-0.05, 0) is 18.9 Å². The zero-order valence-electron chi connectivity index (χ0n) is 27.6. The van der Waals surface area contributed by atoms with Gasteiger partial charge < -0.3 is 9.47 Å². The fourth-order valence-corrected chi connectivity index (χ4v) is 5.54. The number of fused-ring (bicyclic) bond motifs is 1. The summed E-state index contributed by atoms with van der Waals surface area (Å²) in [4.78, 5) is 20.0. The summed E-state index contributed by atoms with van der Waals surface area (Å²) in [5.74, 6) is 0.735. The van der Waals surface area contributed by atoms with E-state index in [1.807, 2.05) is 0 Å². The molecule has 0 amide bonds. The normalized spacial score (nSPS) is 11.3. The summed E-state index contributed by atoms with van der Waals surface area (Å²) < 4.78 is 12.1. The van der Waals surface area contributed by atoms with E-state index in [-0.39, 0.29) is 5.69 Å². The lowest BCUT2D eigenvalue weighted by molar-refractivity contribution is -0.384. The number of unbranched alkanes of at least 4 members (excludes halogenated alkanes) is 22. The van der Waals surface area contributed by atoms with Crippen molar-refractivity contribution in [3.8, 4) is 11.8 Å². The van der Waals surface area contributed by atoms with Gasteiger partial charge >= 0.3 is 0 Å². The first-order valence-electron chi connectivity index (χ1n) is 17.9. The summed E-state index contributed by atoms with van der Waals surface area (Å²) in [6.45, 7) is 5.65. The molecule has 244 valence electrons. The molecule has 43 heavy (non-hydrogen) atoms. The van der Waals surface area contributed by atoms with E-state index in [1.165, 1.54) is 141 Å². The Balaban J connectivity index is 1.69. The SMILES string of the molecule is CCCCCCCCCCCCCCOc1nc2ccc([N+](=O)[O-])cc2nc1OCCCCCCCCCCCCCC. The van der Waals surface area contributed by atoms with Gasteiger partial charge in [-0.3, -0.25) is 10.1 Å². The molecule has 0 aliphatic heterocycles. The average molecular weight is 600 g/mol. The molecule has 7 heteroatoms. The molecule has 2 rings (SSSR count). The predicted octanol–water partition coefficient (Wildman–Crippen LogP) is 11.7. The first-order chi connectivity index (χ1) is 21.2. The van der Waals surface area contributed by atoms with Gasteiger partial charge in [0, 0.05) is 12.1 Å². The van der Waals surface area contributed by atoms with E-state index in [0.29, 0.717) is 36.0 Å². The molecule has 0 bridgehead atoms. The third-order valence-corrected chi connectivity index (χ3v) is 8.27. The average Bonchev–Trinajstić information content (AvgIpc) is 3.01. The number of non-ortho nitro benzene ring substituents is 1. The van der Waals surface area contributed by atoms with Crippen LogP contribution < -0.4 is 9.47 Å². The highest BCUT2D eigenvalue weighted by atomic mass is 16.6. The molecule has 7 nitrogen and oxygen atoms in total. The van der Waals surface area contributed by atoms with E-state index in [1.54, 1.807) is 6.07 Å². The summed E-state index contributed by atoms with van der Waals surface area (Å²) in [6.07, 6.45) is 31.0. The summed E-state index contributed by atoms with van der Waals surface area (Å²) in [5.41, 5.74) is 1.03. The zero-order valence-corrected chi connectivity index (χ0v) is 27.6. The third-order valence-electron chi connectivity index (χ3n) is 8.27. The topological polar surface area (TPSA) is 87.4 Å². The highest BCUT2D eigenvalue weighted by molar-refractivity contribution is 5.78. The Morgan fingerprint density at radius 1 is 0.535 bits per heavy atom. The van der Waals surface area contributed by atoms with Gasteiger partial charge in [-0.25, -0.2) is 9.97 Å². The van der Waals surface area contributed by atoms with Crippen LogP contribution in [0.25, 0.3) is 11.0 Å². The van der Waals surface area contributed by atoms with E-state index in [4.69, 9.17) is 9.47 Å². The van der Waals surface area contributed by atoms with E-state index in [0.717, 1.165) is 25.7 Å². The molecule has 1 aromatic heterocycles. The highest BCUT2D eigenvalue weighted by Gasteiger charge is 2.15. The van der Waals surface area contributed by atoms with Crippen LogP contribution in [-0.2, 0) is 0 Å². The molecule has 0 radical (unpaired) electrons. The summed E-state index contributed by atoms with van der Waals surface area (Å²) in [6, 6.07) is 4.54. The number of nitro groups is 1. The van der Waals surface area contributed by atoms with Crippen LogP contribution in [0.4, 0.5) is 5.69 Å². The summed E-state index contributed by atoms with van der Waals surface area (Å²) in [5, 5.41) is 11.3. The van der Waals surface area contributed by atoms with Crippen molar-refractivity contribution < 1.29 is 14.4 Å². The van der Waals surface area contributed by atoms with Gasteiger partial charge in [0.25, 0.3) is 17.4 Å². The molecule has 0 unspecified atom stereocenters. The number of hydrogen-bond donors (Lipinski definition) is 0. The van der Waals surface area contributed by atoms with Gasteiger partial charge in [-0.1, -0.05) is 155 Å². The van der Waals surface area contributed by atoms with E-state index in [9.17, 15) is 10.1 Å². The van der Waals surface area contributed by atoms with Crippen molar-refractivity contribution in [3.05, 3.63) is 28.3 Å². The van der Waals surface area contributed by atoms with Gasteiger partial charge in [-0.15, -0.1) is 0 Å². The van der Waals surface area contributed by atoms with Crippen molar-refractivity contribution in [2.75, 3.05) is 13.2 Å². The quantitative estimate of drug-likeness (QED) is 0.0525. The lowest BCUT2D eigenvalue weighted by Crippen LogP contribution is -2.06. The Morgan fingerprint density at radius 2 is 0.884 bits per heavy atom. The van der Waals surface area contributed by atoms with Gasteiger partial charge in [0.05, 0.1) is 29.2 Å². The Kier molecular flexibility index (Phi) is 21.3. The molecule has 0 N–H and O–H groups in total. The van der Waals surface area contributed by atoms with Crippen molar-refractivity contribution in [2.45, 2.75) is 168 Å². The van der Waals surface area contributed by atoms with Gasteiger partial charge in [0.1, 0.15) is 0 Å². The molecule has 0 aliphatic rings. The molecule has 0 saturated carbocycles. The number of benzene rings is 1. The number of nitrogens with zero attached hydrogens (tertiary/aromatic N) is 3. The van der Waals surface area contributed by atoms with Crippen molar-refractivity contribution in [2.24, 2.45) is 0 Å². The highest BCUT2D eigenvalue weighted by Crippen LogP contribution is 2.28. The second-order valence-electron chi connectivity index (χ2n) is 12.2. The second kappa shape index (κ2) is 24.9. The maximum absolute atomic E-state index is 11.3. The van der Waals surface area contributed by atoms with Crippen molar-refractivity contribution in [3.63, 3.8) is 0 Å². The number of nitro benzene ring substituents is 1. The van der Waals surface area contributed by atoms with Crippen LogP contribution in [0.1, 0.15) is 168 Å². The Labute approximate surface area is 262 Å². The van der Waals surface area contributed by atoms with Crippen LogP contribution in [-0.4, -0.2) is 28.1 Å². The minimum atomic E-state index is -0.411. The largest absolute Gasteiger partial charge is 0.474 e. The molecule has 0 saturated heterocycles. The monoisotopic (exact) mass is 599 g/mol. The van der Waals surface area contributed by atoms with Gasteiger partial charge in [0.2, 0.25) is 0 Å². The van der Waals surface area contributed by atoms with Crippen LogP contribution in [0.5, 0.6) is 11.8 Å². The van der Waals surface area contributed by atoms with Crippen LogP contribution >= 0.6 is 0 Å². The lowest BCUT2D eigenvalue weighted by atomic mass is 10.1. The first-order valence-corrected chi connectivity index (χ1v) is 17.9. The smallest absolute Gasteiger partial charge is 0.278 e. The molecule has 2 aromatic rings. The van der Waals surface area contributed by atoms with Crippen molar-refractivity contribution in [1.82, 2.24) is 9.97 Å². The Hall–Kier alpha value is -2.44. The number of aromatic nitrogens is 2. The lowest BCUT2D eigenvalue weighted by Gasteiger charge is -2.12. The van der Waals surface area contributed by atoms with Crippen LogP contribution in [0.2, 0.25) is 0 Å². The Bertz CT molecular complexity index is 984. The third kappa shape index (κ3) is 17.4. The Morgan fingerprint density at radius 3 is 1.26 bits per heavy atom. The zero-order chi connectivity index (χ0) is 30.8. The van der Waals surface area contributed by atoms with Crippen molar-refractivity contribution >= 4 is 16.7 Å². The first kappa shape index (κ1) is 36.8. The van der Waals surface area contributed by atoms with Crippen LogP contribution in [0.3, 0.4) is 0 Å². The molecule has 0 spiro atoms. The van der Waals surface area contributed by atoms with Crippen LogP contribution in [0, 0.1) is 10.1 Å². The molecule has 0 fully saturated rings. The molecule has 1 aromatic carbocycles. The van der Waals surface area contributed by atoms with Crippen molar-refractivity contribution in [1.29, 1.82) is 0 Å². The number of ether oxygens (including phenoxy) is 2. The van der Waals surface area contributed by atoms with E-state index >= 15 is 0 Å². The van der Waals surface area contributed by atoms with Gasteiger partial charge in [-0.2, -0.15) is 0 Å². The van der Waals surface area contributed by atoms with Crippen LogP contribution in [0.15, 0.2) is 18.2 Å².